The summed E-state index contributed by atoms with van der Waals surface area (Å²) in [5.74, 6) is 0.0673. The fourth-order valence-electron chi connectivity index (χ4n) is 2.38. The highest BCUT2D eigenvalue weighted by molar-refractivity contribution is 8.00. The van der Waals surface area contributed by atoms with Gasteiger partial charge in [0.15, 0.2) is 0 Å². The van der Waals surface area contributed by atoms with E-state index in [4.69, 9.17) is 5.11 Å². The molecular formula is C11H18N2O4S. The second-order valence-corrected chi connectivity index (χ2v) is 6.13. The second kappa shape index (κ2) is 5.79. The summed E-state index contributed by atoms with van der Waals surface area (Å²) in [6, 6.07) is -1.29. The Morgan fingerprint density at radius 3 is 2.83 bits per heavy atom. The summed E-state index contributed by atoms with van der Waals surface area (Å²) in [6.45, 7) is 0.670. The summed E-state index contributed by atoms with van der Waals surface area (Å²) in [6.07, 6.45) is 1.64. The summed E-state index contributed by atoms with van der Waals surface area (Å²) in [7, 11) is 0. The lowest BCUT2D eigenvalue weighted by atomic mass is 10.2. The molecule has 2 rings (SSSR count). The minimum atomic E-state index is -1.06. The van der Waals surface area contributed by atoms with E-state index in [1.807, 2.05) is 11.8 Å². The lowest BCUT2D eigenvalue weighted by molar-refractivity contribution is -0.141. The van der Waals surface area contributed by atoms with Gasteiger partial charge in [0.25, 0.3) is 0 Å². The molecule has 0 spiro atoms. The highest BCUT2D eigenvalue weighted by atomic mass is 32.2. The number of nitrogens with zero attached hydrogens (tertiary/aromatic N) is 1. The molecule has 2 aliphatic heterocycles. The van der Waals surface area contributed by atoms with Crippen LogP contribution in [-0.4, -0.2) is 63.4 Å². The number of β-amino-alcohol motifs (C(OH)–C–C–N with tert-alkyl or cyclic N) is 1. The molecule has 0 bridgehead atoms. The molecule has 0 saturated carbocycles. The molecule has 3 atom stereocenters. The van der Waals surface area contributed by atoms with Crippen LogP contribution in [0.4, 0.5) is 4.79 Å². The van der Waals surface area contributed by atoms with Crippen molar-refractivity contribution in [2.45, 2.75) is 36.7 Å². The molecular weight excluding hydrogens is 256 g/mol. The number of thioether (sulfide) groups is 1. The zero-order valence-corrected chi connectivity index (χ0v) is 10.9. The van der Waals surface area contributed by atoms with Crippen LogP contribution in [0, 0.1) is 0 Å². The normalized spacial score (nSPS) is 31.6. The highest BCUT2D eigenvalue weighted by Crippen LogP contribution is 2.25. The number of carbonyl (C=O) groups excluding carboxylic acids is 1. The molecule has 2 amide bonds. The molecule has 3 N–H and O–H groups in total. The van der Waals surface area contributed by atoms with Gasteiger partial charge in [0, 0.05) is 24.8 Å². The molecule has 18 heavy (non-hydrogen) atoms. The van der Waals surface area contributed by atoms with Gasteiger partial charge in [-0.25, -0.2) is 9.59 Å². The van der Waals surface area contributed by atoms with Crippen LogP contribution in [0.2, 0.25) is 0 Å². The summed E-state index contributed by atoms with van der Waals surface area (Å²) >= 11 is 1.84. The minimum absolute atomic E-state index is 0.0978. The summed E-state index contributed by atoms with van der Waals surface area (Å²) in [4.78, 5) is 24.1. The zero-order valence-electron chi connectivity index (χ0n) is 10.0. The Kier molecular flexibility index (Phi) is 4.34. The van der Waals surface area contributed by atoms with Crippen LogP contribution in [0.25, 0.3) is 0 Å². The minimum Gasteiger partial charge on any atom is -0.480 e. The Morgan fingerprint density at radius 1 is 1.44 bits per heavy atom. The Bertz CT molecular complexity index is 333. The number of nitrogens with one attached hydrogen (secondary N) is 1. The fraction of sp³-hybridized carbons (Fsp3) is 0.818. The Hall–Kier alpha value is -0.950. The number of aliphatic hydroxyl groups is 1. The van der Waals surface area contributed by atoms with Gasteiger partial charge in [0.2, 0.25) is 0 Å². The largest absolute Gasteiger partial charge is 0.480 e. The predicted molar refractivity (Wildman–Crippen MR) is 67.6 cm³/mol. The maximum Gasteiger partial charge on any atom is 0.326 e. The van der Waals surface area contributed by atoms with E-state index >= 15 is 0 Å². The van der Waals surface area contributed by atoms with Crippen molar-refractivity contribution in [3.05, 3.63) is 0 Å². The smallest absolute Gasteiger partial charge is 0.326 e. The monoisotopic (exact) mass is 274 g/mol. The average Bonchev–Trinajstić information content (AvgIpc) is 2.94. The van der Waals surface area contributed by atoms with E-state index in [-0.39, 0.29) is 19.0 Å². The highest BCUT2D eigenvalue weighted by Gasteiger charge is 2.39. The first-order valence-electron chi connectivity index (χ1n) is 6.15. The Balaban J connectivity index is 1.85. The molecule has 7 heteroatoms. The molecule has 2 saturated heterocycles. The first-order valence-corrected chi connectivity index (χ1v) is 7.19. The average molecular weight is 274 g/mol. The molecule has 0 aromatic heterocycles. The van der Waals surface area contributed by atoms with E-state index in [1.54, 1.807) is 0 Å². The topological polar surface area (TPSA) is 89.9 Å². The summed E-state index contributed by atoms with van der Waals surface area (Å²) < 4.78 is 0. The van der Waals surface area contributed by atoms with Gasteiger partial charge in [-0.05, 0) is 18.6 Å². The third kappa shape index (κ3) is 3.08. The number of carboxylic acid groups (broad SMARTS) is 1. The quantitative estimate of drug-likeness (QED) is 0.679. The van der Waals surface area contributed by atoms with Crippen molar-refractivity contribution >= 4 is 23.8 Å². The third-order valence-electron chi connectivity index (χ3n) is 3.33. The van der Waals surface area contributed by atoms with E-state index < -0.39 is 18.1 Å². The van der Waals surface area contributed by atoms with Gasteiger partial charge < -0.3 is 20.4 Å². The summed E-state index contributed by atoms with van der Waals surface area (Å²) in [5, 5.41) is 21.7. The Labute approximate surface area is 110 Å². The molecule has 0 radical (unpaired) electrons. The first kappa shape index (κ1) is 13.5. The molecule has 0 aromatic carbocycles. The maximum absolute atomic E-state index is 11.9. The molecule has 0 aromatic rings. The van der Waals surface area contributed by atoms with Crippen LogP contribution < -0.4 is 5.32 Å². The number of hydrogen-bond acceptors (Lipinski definition) is 4. The zero-order chi connectivity index (χ0) is 13.1. The molecule has 3 unspecified atom stereocenters. The van der Waals surface area contributed by atoms with Crippen molar-refractivity contribution in [3.8, 4) is 0 Å². The fourth-order valence-corrected chi connectivity index (χ4v) is 3.58. The standard InChI is InChI=1S/C11H18N2O4S/c14-7-4-9(10(15)16)13(6-7)11(17)12-5-8-2-1-3-18-8/h7-9,14H,1-6H2,(H,12,17)(H,15,16). The predicted octanol–water partition coefficient (Wildman–Crippen LogP) is 0.111. The van der Waals surface area contributed by atoms with Crippen molar-refractivity contribution in [1.29, 1.82) is 0 Å². The second-order valence-electron chi connectivity index (χ2n) is 4.72. The van der Waals surface area contributed by atoms with E-state index in [0.29, 0.717) is 11.8 Å². The number of amides is 2. The number of aliphatic carboxylic acids is 1. The number of hydrogen-bond donors (Lipinski definition) is 3. The van der Waals surface area contributed by atoms with Crippen molar-refractivity contribution in [3.63, 3.8) is 0 Å². The Morgan fingerprint density at radius 2 is 2.22 bits per heavy atom. The van der Waals surface area contributed by atoms with E-state index in [0.717, 1.165) is 12.2 Å². The SMILES string of the molecule is O=C(O)C1CC(O)CN1C(=O)NCC1CCCS1. The molecule has 102 valence electrons. The van der Waals surface area contributed by atoms with Crippen LogP contribution in [0.3, 0.4) is 0 Å². The molecule has 0 aliphatic carbocycles. The van der Waals surface area contributed by atoms with Crippen molar-refractivity contribution in [1.82, 2.24) is 10.2 Å². The number of urea groups is 1. The molecule has 2 aliphatic rings. The van der Waals surface area contributed by atoms with Gasteiger partial charge in [-0.2, -0.15) is 11.8 Å². The number of carboxylic acids is 1. The molecule has 2 heterocycles. The van der Waals surface area contributed by atoms with Crippen molar-refractivity contribution < 1.29 is 19.8 Å². The van der Waals surface area contributed by atoms with Crippen LogP contribution >= 0.6 is 11.8 Å². The van der Waals surface area contributed by atoms with E-state index in [2.05, 4.69) is 5.32 Å². The van der Waals surface area contributed by atoms with Crippen molar-refractivity contribution in [2.75, 3.05) is 18.8 Å². The van der Waals surface area contributed by atoms with Gasteiger partial charge in [0.1, 0.15) is 6.04 Å². The maximum atomic E-state index is 11.9. The van der Waals surface area contributed by atoms with Crippen LogP contribution in [0.15, 0.2) is 0 Å². The molecule has 2 fully saturated rings. The lowest BCUT2D eigenvalue weighted by Crippen LogP contribution is -2.47. The van der Waals surface area contributed by atoms with Gasteiger partial charge >= 0.3 is 12.0 Å². The number of likely N-dealkylation sites (tertiary alicyclic amines) is 1. The number of carbonyl (C=O) groups is 2. The molecule has 6 nitrogen and oxygen atoms in total. The third-order valence-corrected chi connectivity index (χ3v) is 4.73. The van der Waals surface area contributed by atoms with Gasteiger partial charge in [-0.3, -0.25) is 0 Å². The van der Waals surface area contributed by atoms with Gasteiger partial charge in [0.05, 0.1) is 6.10 Å². The lowest BCUT2D eigenvalue weighted by Gasteiger charge is -2.22. The van der Waals surface area contributed by atoms with Crippen LogP contribution in [0.5, 0.6) is 0 Å². The number of aliphatic hydroxyl groups excluding tert-OH is 1. The first-order chi connectivity index (χ1) is 8.58. The van der Waals surface area contributed by atoms with Crippen LogP contribution in [0.1, 0.15) is 19.3 Å². The van der Waals surface area contributed by atoms with Crippen LogP contribution in [-0.2, 0) is 4.79 Å². The summed E-state index contributed by atoms with van der Waals surface area (Å²) in [5.41, 5.74) is 0. The van der Waals surface area contributed by atoms with Crippen molar-refractivity contribution in [2.24, 2.45) is 0 Å². The number of rotatable bonds is 3. The van der Waals surface area contributed by atoms with E-state index in [9.17, 15) is 14.7 Å². The van der Waals surface area contributed by atoms with E-state index in [1.165, 1.54) is 11.3 Å². The van der Waals surface area contributed by atoms with Gasteiger partial charge in [-0.1, -0.05) is 0 Å². The van der Waals surface area contributed by atoms with Gasteiger partial charge in [-0.15, -0.1) is 0 Å².